The van der Waals surface area contributed by atoms with E-state index in [1.54, 1.807) is 34.2 Å². The van der Waals surface area contributed by atoms with Crippen molar-refractivity contribution in [3.63, 3.8) is 0 Å². The van der Waals surface area contributed by atoms with Gasteiger partial charge in [-0.2, -0.15) is 5.10 Å². The molecule has 2 rings (SSSR count). The molecule has 18 heavy (non-hydrogen) atoms. The molecule has 0 aromatic carbocycles. The van der Waals surface area contributed by atoms with E-state index in [0.29, 0.717) is 10.0 Å². The summed E-state index contributed by atoms with van der Waals surface area (Å²) in [5, 5.41) is 4.83. The number of ketones is 1. The van der Waals surface area contributed by atoms with E-state index in [0.717, 1.165) is 0 Å². The highest BCUT2D eigenvalue weighted by Gasteiger charge is 2.15. The summed E-state index contributed by atoms with van der Waals surface area (Å²) in [6.45, 7) is 0. The number of halogens is 1. The van der Waals surface area contributed by atoms with Crippen LogP contribution in [0.2, 0.25) is 5.15 Å². The van der Waals surface area contributed by atoms with E-state index < -0.39 is 0 Å². The van der Waals surface area contributed by atoms with Gasteiger partial charge in [-0.1, -0.05) is 22.9 Å². The third kappa shape index (κ3) is 2.77. The fraction of sp³-hybridized carbons (Fsp3) is 0.182. The van der Waals surface area contributed by atoms with Crippen LogP contribution in [0, 0.1) is 0 Å². The maximum atomic E-state index is 11.9. The van der Waals surface area contributed by atoms with E-state index in [2.05, 4.69) is 10.1 Å². The molecular formula is C11H11ClN4OS. The van der Waals surface area contributed by atoms with Crippen molar-refractivity contribution < 1.29 is 4.79 Å². The van der Waals surface area contributed by atoms with Crippen molar-refractivity contribution >= 4 is 28.7 Å². The molecular weight excluding hydrogens is 272 g/mol. The van der Waals surface area contributed by atoms with Gasteiger partial charge in [-0.05, 0) is 6.07 Å². The second kappa shape index (κ2) is 5.32. The summed E-state index contributed by atoms with van der Waals surface area (Å²) in [4.78, 5) is 18.2. The standard InChI is InChI=1S/C11H11ClN4OS/c1-15(2)7-4-8(17)9-10(12)14-11(18-9)16-6-3-5-13-16/h3-7H,1-2H3. The molecule has 0 unspecified atom stereocenters. The summed E-state index contributed by atoms with van der Waals surface area (Å²) in [7, 11) is 3.68. The normalized spacial score (nSPS) is 11.1. The Kier molecular flexibility index (Phi) is 3.78. The highest BCUT2D eigenvalue weighted by Crippen LogP contribution is 2.26. The zero-order valence-corrected chi connectivity index (χ0v) is 11.4. The Bertz CT molecular complexity index is 574. The Labute approximate surface area is 113 Å². The molecule has 0 atom stereocenters. The molecule has 0 aliphatic carbocycles. The smallest absolute Gasteiger partial charge is 0.212 e. The van der Waals surface area contributed by atoms with Gasteiger partial charge in [-0.25, -0.2) is 9.67 Å². The first-order chi connectivity index (χ1) is 8.58. The zero-order chi connectivity index (χ0) is 13.1. The molecule has 0 fully saturated rings. The summed E-state index contributed by atoms with van der Waals surface area (Å²) in [6, 6.07) is 1.78. The van der Waals surface area contributed by atoms with Gasteiger partial charge >= 0.3 is 0 Å². The molecule has 0 saturated carbocycles. The van der Waals surface area contributed by atoms with Crippen LogP contribution in [0.25, 0.3) is 5.13 Å². The molecule has 0 bridgehead atoms. The summed E-state index contributed by atoms with van der Waals surface area (Å²) < 4.78 is 1.57. The van der Waals surface area contributed by atoms with Gasteiger partial charge in [-0.15, -0.1) is 0 Å². The van der Waals surface area contributed by atoms with Gasteiger partial charge in [0.1, 0.15) is 4.88 Å². The maximum Gasteiger partial charge on any atom is 0.212 e. The van der Waals surface area contributed by atoms with Gasteiger partial charge in [0.2, 0.25) is 5.13 Å². The third-order valence-electron chi connectivity index (χ3n) is 2.02. The predicted molar refractivity (Wildman–Crippen MR) is 71.4 cm³/mol. The number of carbonyl (C=O) groups excluding carboxylic acids is 1. The summed E-state index contributed by atoms with van der Waals surface area (Å²) in [5.41, 5.74) is 0. The Hall–Kier alpha value is -1.66. The van der Waals surface area contributed by atoms with Crippen LogP contribution in [-0.2, 0) is 0 Å². The SMILES string of the molecule is CN(C)C=CC(=O)c1sc(-n2cccn2)nc1Cl. The lowest BCUT2D eigenvalue weighted by atomic mass is 10.3. The number of carbonyl (C=O) groups is 1. The highest BCUT2D eigenvalue weighted by molar-refractivity contribution is 7.16. The largest absolute Gasteiger partial charge is 0.383 e. The van der Waals surface area contributed by atoms with Gasteiger partial charge in [-0.3, -0.25) is 4.79 Å². The van der Waals surface area contributed by atoms with E-state index in [1.807, 2.05) is 14.1 Å². The first-order valence-electron chi connectivity index (χ1n) is 5.13. The molecule has 2 aromatic rings. The quantitative estimate of drug-likeness (QED) is 0.637. The lowest BCUT2D eigenvalue weighted by Gasteiger charge is -2.01. The minimum absolute atomic E-state index is 0.162. The van der Waals surface area contributed by atoms with E-state index in [1.165, 1.54) is 17.4 Å². The minimum Gasteiger partial charge on any atom is -0.383 e. The molecule has 2 heterocycles. The maximum absolute atomic E-state index is 11.9. The minimum atomic E-state index is -0.162. The third-order valence-corrected chi connectivity index (χ3v) is 3.47. The number of hydrogen-bond donors (Lipinski definition) is 0. The van der Waals surface area contributed by atoms with Crippen molar-refractivity contribution in [3.05, 3.63) is 40.8 Å². The van der Waals surface area contributed by atoms with Gasteiger partial charge in [0.25, 0.3) is 0 Å². The predicted octanol–water partition coefficient (Wildman–Crippen LogP) is 2.24. The van der Waals surface area contributed by atoms with Crippen molar-refractivity contribution in [2.45, 2.75) is 0 Å². The van der Waals surface area contributed by atoms with Crippen molar-refractivity contribution in [3.8, 4) is 5.13 Å². The fourth-order valence-corrected chi connectivity index (χ4v) is 2.37. The molecule has 0 spiro atoms. The van der Waals surface area contributed by atoms with E-state index in [-0.39, 0.29) is 10.9 Å². The summed E-state index contributed by atoms with van der Waals surface area (Å²) in [6.07, 6.45) is 6.53. The average Bonchev–Trinajstić information content (AvgIpc) is 2.94. The zero-order valence-electron chi connectivity index (χ0n) is 9.87. The Balaban J connectivity index is 2.27. The van der Waals surface area contributed by atoms with Gasteiger partial charge in [0, 0.05) is 38.8 Å². The topological polar surface area (TPSA) is 51.0 Å². The number of thiazole rings is 1. The van der Waals surface area contributed by atoms with Crippen molar-refractivity contribution in [2.24, 2.45) is 0 Å². The molecule has 2 aromatic heterocycles. The van der Waals surface area contributed by atoms with Crippen molar-refractivity contribution in [1.82, 2.24) is 19.7 Å². The van der Waals surface area contributed by atoms with Crippen LogP contribution in [0.5, 0.6) is 0 Å². The molecule has 0 saturated heterocycles. The van der Waals surface area contributed by atoms with Crippen LogP contribution in [0.3, 0.4) is 0 Å². The lowest BCUT2D eigenvalue weighted by molar-refractivity contribution is 0.104. The van der Waals surface area contributed by atoms with E-state index in [9.17, 15) is 4.79 Å². The summed E-state index contributed by atoms with van der Waals surface area (Å²) in [5.74, 6) is -0.162. The number of allylic oxidation sites excluding steroid dienone is 1. The molecule has 0 radical (unpaired) electrons. The van der Waals surface area contributed by atoms with Crippen molar-refractivity contribution in [2.75, 3.05) is 14.1 Å². The van der Waals surface area contributed by atoms with E-state index >= 15 is 0 Å². The Morgan fingerprint density at radius 1 is 1.56 bits per heavy atom. The molecule has 0 aliphatic rings. The molecule has 7 heteroatoms. The lowest BCUT2D eigenvalue weighted by Crippen LogP contribution is -2.02. The van der Waals surface area contributed by atoms with Crippen LogP contribution in [0.1, 0.15) is 9.67 Å². The Morgan fingerprint density at radius 3 is 2.94 bits per heavy atom. The summed E-state index contributed by atoms with van der Waals surface area (Å²) >= 11 is 7.18. The fourth-order valence-electron chi connectivity index (χ4n) is 1.22. The second-order valence-corrected chi connectivity index (χ2v) is 5.05. The van der Waals surface area contributed by atoms with Gasteiger partial charge in [0.15, 0.2) is 10.9 Å². The monoisotopic (exact) mass is 282 g/mol. The van der Waals surface area contributed by atoms with Crippen LogP contribution in [-0.4, -0.2) is 39.5 Å². The van der Waals surface area contributed by atoms with E-state index in [4.69, 9.17) is 11.6 Å². The molecule has 5 nitrogen and oxygen atoms in total. The van der Waals surface area contributed by atoms with Crippen LogP contribution in [0.4, 0.5) is 0 Å². The van der Waals surface area contributed by atoms with Gasteiger partial charge in [0.05, 0.1) is 0 Å². The molecule has 0 amide bonds. The first-order valence-corrected chi connectivity index (χ1v) is 6.32. The van der Waals surface area contributed by atoms with Crippen LogP contribution in [0.15, 0.2) is 30.7 Å². The molecule has 0 N–H and O–H groups in total. The van der Waals surface area contributed by atoms with Crippen LogP contribution < -0.4 is 0 Å². The van der Waals surface area contributed by atoms with Crippen molar-refractivity contribution in [1.29, 1.82) is 0 Å². The first kappa shape index (κ1) is 12.8. The molecule has 0 aliphatic heterocycles. The van der Waals surface area contributed by atoms with Gasteiger partial charge < -0.3 is 4.90 Å². The second-order valence-electron chi connectivity index (χ2n) is 3.71. The average molecular weight is 283 g/mol. The number of nitrogens with zero attached hydrogens (tertiary/aromatic N) is 4. The number of rotatable bonds is 4. The Morgan fingerprint density at radius 2 is 2.33 bits per heavy atom. The highest BCUT2D eigenvalue weighted by atomic mass is 35.5. The number of aromatic nitrogens is 3. The molecule has 94 valence electrons. The number of hydrogen-bond acceptors (Lipinski definition) is 5. The van der Waals surface area contributed by atoms with Crippen LogP contribution >= 0.6 is 22.9 Å².